The van der Waals surface area contributed by atoms with Crippen molar-refractivity contribution in [2.24, 2.45) is 5.92 Å². The van der Waals surface area contributed by atoms with Gasteiger partial charge in [0.05, 0.1) is 15.8 Å². The van der Waals surface area contributed by atoms with E-state index in [4.69, 9.17) is 0 Å². The van der Waals surface area contributed by atoms with E-state index >= 15 is 0 Å². The van der Waals surface area contributed by atoms with Crippen LogP contribution in [0.25, 0.3) is 10.6 Å². The fourth-order valence-electron chi connectivity index (χ4n) is 2.89. The first-order valence-electron chi connectivity index (χ1n) is 10.0. The van der Waals surface area contributed by atoms with Crippen molar-refractivity contribution < 1.29 is 19.5 Å². The minimum atomic E-state index is -1.29. The summed E-state index contributed by atoms with van der Waals surface area (Å²) in [5, 5.41) is 16.2. The fraction of sp³-hybridized carbons (Fsp3) is 0.455. The van der Waals surface area contributed by atoms with Crippen LogP contribution in [0.5, 0.6) is 0 Å². The molecule has 0 saturated heterocycles. The van der Waals surface area contributed by atoms with E-state index in [0.717, 1.165) is 10.6 Å². The average Bonchev–Trinajstić information content (AvgIpc) is 3.21. The monoisotopic (exact) mass is 463 g/mol. The molecule has 3 N–H and O–H groups in total. The van der Waals surface area contributed by atoms with Crippen LogP contribution in [0.15, 0.2) is 35.8 Å². The number of thiol groups is 1. The van der Waals surface area contributed by atoms with Gasteiger partial charge >= 0.3 is 5.97 Å². The molecule has 0 aliphatic rings. The summed E-state index contributed by atoms with van der Waals surface area (Å²) in [7, 11) is 0. The third-order valence-corrected chi connectivity index (χ3v) is 5.98. The minimum absolute atomic E-state index is 0.0748. The Morgan fingerprint density at radius 1 is 1.23 bits per heavy atom. The topological polar surface area (TPSA) is 108 Å². The molecule has 2 rings (SSSR count). The largest absolute Gasteiger partial charge is 0.480 e. The zero-order valence-corrected chi connectivity index (χ0v) is 19.8. The number of hydrogen-bond acceptors (Lipinski definition) is 6. The second kappa shape index (κ2) is 10.8. The molecule has 0 fully saturated rings. The smallest absolute Gasteiger partial charge is 0.326 e. The molecule has 0 bridgehead atoms. The maximum Gasteiger partial charge on any atom is 0.326 e. The van der Waals surface area contributed by atoms with Gasteiger partial charge in [-0.15, -0.1) is 11.3 Å². The summed E-state index contributed by atoms with van der Waals surface area (Å²) < 4.78 is 0. The Bertz CT molecular complexity index is 896. The van der Waals surface area contributed by atoms with E-state index in [1.165, 1.54) is 13.8 Å². The van der Waals surface area contributed by atoms with Gasteiger partial charge in [-0.2, -0.15) is 12.6 Å². The van der Waals surface area contributed by atoms with Gasteiger partial charge in [-0.1, -0.05) is 26.0 Å². The van der Waals surface area contributed by atoms with Gasteiger partial charge in [0.1, 0.15) is 11.6 Å². The number of aromatic nitrogens is 1. The van der Waals surface area contributed by atoms with Gasteiger partial charge in [-0.25, -0.2) is 4.79 Å². The summed E-state index contributed by atoms with van der Waals surface area (Å²) in [5.74, 6) is -1.83. The Morgan fingerprint density at radius 2 is 1.94 bits per heavy atom. The van der Waals surface area contributed by atoms with Crippen LogP contribution in [0.3, 0.4) is 0 Å². The van der Waals surface area contributed by atoms with Gasteiger partial charge in [0, 0.05) is 12.6 Å². The van der Waals surface area contributed by atoms with Gasteiger partial charge in [0.2, 0.25) is 11.8 Å². The van der Waals surface area contributed by atoms with Crippen molar-refractivity contribution in [1.82, 2.24) is 15.6 Å². The van der Waals surface area contributed by atoms with Crippen molar-refractivity contribution in [3.05, 3.63) is 41.4 Å². The van der Waals surface area contributed by atoms with Crippen molar-refractivity contribution in [3.63, 3.8) is 0 Å². The van der Waals surface area contributed by atoms with Crippen LogP contribution < -0.4 is 10.6 Å². The number of carbonyl (C=O) groups excluding carboxylic acids is 2. The molecular formula is C22H29N3O4S2. The summed E-state index contributed by atoms with van der Waals surface area (Å²) in [6.45, 7) is 7.03. The van der Waals surface area contributed by atoms with Gasteiger partial charge < -0.3 is 15.7 Å². The standard InChI is InChI=1S/C22H29N3O4S2/c1-13(2)10-17(30)19(26)25-22(3,4)21(29)24-16(20(27)28)11-14-7-8-15(23-12-14)18-6-5-9-31-18/h5-9,12-13,16-17,30H,10-11H2,1-4H3,(H,24,29)(H,25,26)(H,27,28). The molecule has 7 nitrogen and oxygen atoms in total. The van der Waals surface area contributed by atoms with Crippen molar-refractivity contribution in [2.45, 2.75) is 57.4 Å². The first kappa shape index (κ1) is 24.9. The van der Waals surface area contributed by atoms with Crippen molar-refractivity contribution in [1.29, 1.82) is 0 Å². The van der Waals surface area contributed by atoms with E-state index in [1.54, 1.807) is 23.6 Å². The van der Waals surface area contributed by atoms with Crippen molar-refractivity contribution >= 4 is 41.7 Å². The van der Waals surface area contributed by atoms with Crippen LogP contribution in [-0.4, -0.2) is 44.7 Å². The number of nitrogens with zero attached hydrogens (tertiary/aromatic N) is 1. The molecule has 0 aromatic carbocycles. The predicted molar refractivity (Wildman–Crippen MR) is 125 cm³/mol. The second-order valence-electron chi connectivity index (χ2n) is 8.36. The number of amides is 2. The van der Waals surface area contributed by atoms with Crippen LogP contribution in [0, 0.1) is 5.92 Å². The summed E-state index contributed by atoms with van der Waals surface area (Å²) >= 11 is 5.87. The number of carboxylic acids is 1. The molecule has 0 spiro atoms. The molecule has 0 aliphatic carbocycles. The highest BCUT2D eigenvalue weighted by atomic mass is 32.1. The molecule has 2 amide bonds. The van der Waals surface area contributed by atoms with Gasteiger partial charge in [-0.05, 0) is 49.3 Å². The SMILES string of the molecule is CC(C)CC(S)C(=O)NC(C)(C)C(=O)NC(Cc1ccc(-c2cccs2)nc1)C(=O)O. The molecule has 0 saturated carbocycles. The quantitative estimate of drug-likeness (QED) is 0.405. The highest BCUT2D eigenvalue weighted by molar-refractivity contribution is 7.81. The Labute approximate surface area is 192 Å². The third kappa shape index (κ3) is 7.36. The molecule has 2 aromatic rings. The number of pyridine rings is 1. The van der Waals surface area contributed by atoms with E-state index in [1.807, 2.05) is 37.4 Å². The van der Waals surface area contributed by atoms with Gasteiger partial charge in [0.15, 0.2) is 0 Å². The highest BCUT2D eigenvalue weighted by Gasteiger charge is 2.34. The number of aliphatic carboxylic acids is 1. The summed E-state index contributed by atoms with van der Waals surface area (Å²) in [6.07, 6.45) is 2.26. The lowest BCUT2D eigenvalue weighted by Crippen LogP contribution is -2.59. The number of rotatable bonds is 10. The zero-order chi connectivity index (χ0) is 23.2. The molecule has 2 atom stereocenters. The third-order valence-electron chi connectivity index (χ3n) is 4.64. The molecule has 2 aromatic heterocycles. The number of thiophene rings is 1. The van der Waals surface area contributed by atoms with Crippen molar-refractivity contribution in [3.8, 4) is 10.6 Å². The Morgan fingerprint density at radius 3 is 2.45 bits per heavy atom. The lowest BCUT2D eigenvalue weighted by atomic mass is 10.0. The van der Waals surface area contributed by atoms with Crippen LogP contribution in [-0.2, 0) is 20.8 Å². The number of carbonyl (C=O) groups is 3. The summed E-state index contributed by atoms with van der Waals surface area (Å²) in [6, 6.07) is 6.37. The van der Waals surface area contributed by atoms with Gasteiger partial charge in [-0.3, -0.25) is 14.6 Å². The number of nitrogens with one attached hydrogen (secondary N) is 2. The molecular weight excluding hydrogens is 434 g/mol. The minimum Gasteiger partial charge on any atom is -0.480 e. The van der Waals surface area contributed by atoms with E-state index < -0.39 is 28.7 Å². The van der Waals surface area contributed by atoms with E-state index in [2.05, 4.69) is 28.2 Å². The number of carboxylic acid groups (broad SMARTS) is 1. The molecule has 168 valence electrons. The normalized spacial score (nSPS) is 13.5. The summed E-state index contributed by atoms with van der Waals surface area (Å²) in [4.78, 5) is 42.2. The Hall–Kier alpha value is -2.39. The first-order valence-corrected chi connectivity index (χ1v) is 11.4. The first-order chi connectivity index (χ1) is 14.5. The average molecular weight is 464 g/mol. The second-order valence-corrected chi connectivity index (χ2v) is 9.93. The lowest BCUT2D eigenvalue weighted by Gasteiger charge is -2.28. The lowest BCUT2D eigenvalue weighted by molar-refractivity contribution is -0.143. The highest BCUT2D eigenvalue weighted by Crippen LogP contribution is 2.22. The van der Waals surface area contributed by atoms with Crippen LogP contribution >= 0.6 is 24.0 Å². The zero-order valence-electron chi connectivity index (χ0n) is 18.1. The maximum absolute atomic E-state index is 12.7. The Kier molecular flexibility index (Phi) is 8.64. The fourth-order valence-corrected chi connectivity index (χ4v) is 4.08. The molecule has 2 heterocycles. The Balaban J connectivity index is 2.02. The predicted octanol–water partition coefficient (Wildman–Crippen LogP) is 3.16. The van der Waals surface area contributed by atoms with Crippen LogP contribution in [0.4, 0.5) is 0 Å². The molecule has 0 radical (unpaired) electrons. The van der Waals surface area contributed by atoms with Gasteiger partial charge in [0.25, 0.3) is 0 Å². The van der Waals surface area contributed by atoms with Crippen LogP contribution in [0.2, 0.25) is 0 Å². The maximum atomic E-state index is 12.7. The van der Waals surface area contributed by atoms with E-state index in [0.29, 0.717) is 12.0 Å². The van der Waals surface area contributed by atoms with Crippen molar-refractivity contribution in [2.75, 3.05) is 0 Å². The molecule has 0 aliphatic heterocycles. The summed E-state index contributed by atoms with van der Waals surface area (Å²) in [5.41, 5.74) is 0.202. The molecule has 2 unspecified atom stereocenters. The van der Waals surface area contributed by atoms with E-state index in [-0.39, 0.29) is 18.2 Å². The van der Waals surface area contributed by atoms with Crippen LogP contribution in [0.1, 0.15) is 39.7 Å². The number of hydrogen-bond donors (Lipinski definition) is 4. The molecule has 31 heavy (non-hydrogen) atoms. The van der Waals surface area contributed by atoms with E-state index in [9.17, 15) is 19.5 Å². The molecule has 9 heteroatoms.